The first kappa shape index (κ1) is 16.2. The Morgan fingerprint density at radius 1 is 0.909 bits per heavy atom. The summed E-state index contributed by atoms with van der Waals surface area (Å²) in [6.07, 6.45) is -4.78. The highest BCUT2D eigenvalue weighted by Crippen LogP contribution is 2.40. The van der Waals surface area contributed by atoms with Crippen LogP contribution in [0.25, 0.3) is 11.1 Å². The molecule has 2 nitrogen and oxygen atoms in total. The summed E-state index contributed by atoms with van der Waals surface area (Å²) >= 11 is 0. The van der Waals surface area contributed by atoms with Crippen LogP contribution in [-0.4, -0.2) is 11.5 Å². The molecule has 0 spiro atoms. The monoisotopic (exact) mass is 310 g/mol. The maximum Gasteiger partial charge on any atom is 0.573 e. The summed E-state index contributed by atoms with van der Waals surface area (Å²) in [5.74, 6) is -0.428. The van der Waals surface area contributed by atoms with Crippen LogP contribution in [-0.2, 0) is 5.41 Å². The van der Waals surface area contributed by atoms with Crippen LogP contribution in [0, 0.1) is 0 Å². The third-order valence-electron chi connectivity index (χ3n) is 3.27. The van der Waals surface area contributed by atoms with E-state index in [2.05, 4.69) is 4.74 Å². The van der Waals surface area contributed by atoms with Crippen LogP contribution >= 0.6 is 0 Å². The Kier molecular flexibility index (Phi) is 4.09. The Hall–Kier alpha value is -2.17. The van der Waals surface area contributed by atoms with Gasteiger partial charge in [-0.25, -0.2) is 0 Å². The zero-order valence-corrected chi connectivity index (χ0v) is 12.5. The molecule has 0 aliphatic carbocycles. The van der Waals surface area contributed by atoms with Crippen molar-refractivity contribution in [3.63, 3.8) is 0 Å². The van der Waals surface area contributed by atoms with Gasteiger partial charge in [0.2, 0.25) is 0 Å². The summed E-state index contributed by atoms with van der Waals surface area (Å²) in [5.41, 5.74) is 1.22. The summed E-state index contributed by atoms with van der Waals surface area (Å²) in [4.78, 5) is 0. The number of alkyl halides is 3. The lowest BCUT2D eigenvalue weighted by molar-refractivity contribution is -0.274. The Bertz CT molecular complexity index is 670. The van der Waals surface area contributed by atoms with Gasteiger partial charge in [0.05, 0.1) is 0 Å². The number of hydrogen-bond acceptors (Lipinski definition) is 2. The molecule has 0 aliphatic heterocycles. The largest absolute Gasteiger partial charge is 0.573 e. The molecule has 0 amide bonds. The van der Waals surface area contributed by atoms with Crippen LogP contribution in [0.5, 0.6) is 11.5 Å². The zero-order chi connectivity index (χ0) is 16.5. The molecule has 2 aromatic rings. The van der Waals surface area contributed by atoms with Gasteiger partial charge in [-0.05, 0) is 29.2 Å². The standard InChI is InChI=1S/C17H17F3O2/c1-16(2,3)11-8-9-14(21)13(10-11)12-6-4-5-7-15(12)22-17(18,19)20/h4-10,21H,1-3H3. The van der Waals surface area contributed by atoms with Gasteiger partial charge in [0.25, 0.3) is 0 Å². The third-order valence-corrected chi connectivity index (χ3v) is 3.27. The first-order valence-electron chi connectivity index (χ1n) is 6.76. The van der Waals surface area contributed by atoms with E-state index in [1.165, 1.54) is 24.3 Å². The Morgan fingerprint density at radius 2 is 1.55 bits per heavy atom. The van der Waals surface area contributed by atoms with Gasteiger partial charge in [-0.15, -0.1) is 13.2 Å². The fourth-order valence-electron chi connectivity index (χ4n) is 2.12. The lowest BCUT2D eigenvalue weighted by Gasteiger charge is -2.21. The van der Waals surface area contributed by atoms with Crippen molar-refractivity contribution in [2.75, 3.05) is 0 Å². The molecule has 0 saturated carbocycles. The van der Waals surface area contributed by atoms with E-state index in [4.69, 9.17) is 0 Å². The minimum absolute atomic E-state index is 0.0915. The number of ether oxygens (including phenoxy) is 1. The first-order valence-corrected chi connectivity index (χ1v) is 6.76. The molecule has 0 unspecified atom stereocenters. The van der Waals surface area contributed by atoms with Gasteiger partial charge < -0.3 is 9.84 Å². The highest BCUT2D eigenvalue weighted by Gasteiger charge is 2.32. The Morgan fingerprint density at radius 3 is 2.14 bits per heavy atom. The van der Waals surface area contributed by atoms with Crippen molar-refractivity contribution in [3.8, 4) is 22.6 Å². The highest BCUT2D eigenvalue weighted by atomic mass is 19.4. The lowest BCUT2D eigenvalue weighted by atomic mass is 9.85. The fraction of sp³-hybridized carbons (Fsp3) is 0.294. The maximum atomic E-state index is 12.5. The smallest absolute Gasteiger partial charge is 0.507 e. The van der Waals surface area contributed by atoms with Gasteiger partial charge >= 0.3 is 6.36 Å². The molecule has 118 valence electrons. The zero-order valence-electron chi connectivity index (χ0n) is 12.5. The van der Waals surface area contributed by atoms with Crippen LogP contribution < -0.4 is 4.74 Å². The molecular weight excluding hydrogens is 293 g/mol. The van der Waals surface area contributed by atoms with Gasteiger partial charge in [-0.3, -0.25) is 0 Å². The third kappa shape index (κ3) is 3.72. The van der Waals surface area contributed by atoms with Crippen molar-refractivity contribution in [3.05, 3.63) is 48.0 Å². The number of phenols is 1. The van der Waals surface area contributed by atoms with Crippen LogP contribution in [0.4, 0.5) is 13.2 Å². The van der Waals surface area contributed by atoms with E-state index in [-0.39, 0.29) is 22.5 Å². The molecule has 1 N–H and O–H groups in total. The molecule has 0 heterocycles. The van der Waals surface area contributed by atoms with Crippen molar-refractivity contribution in [2.45, 2.75) is 32.5 Å². The fourth-order valence-corrected chi connectivity index (χ4v) is 2.12. The molecule has 0 aliphatic rings. The van der Waals surface area contributed by atoms with Crippen LogP contribution in [0.2, 0.25) is 0 Å². The molecule has 0 bridgehead atoms. The van der Waals surface area contributed by atoms with E-state index in [0.717, 1.165) is 5.56 Å². The maximum absolute atomic E-state index is 12.5. The van der Waals surface area contributed by atoms with Gasteiger partial charge in [0, 0.05) is 11.1 Å². The second kappa shape index (κ2) is 5.55. The molecule has 5 heteroatoms. The lowest BCUT2D eigenvalue weighted by Crippen LogP contribution is -2.17. The molecule has 2 aromatic carbocycles. The van der Waals surface area contributed by atoms with Crippen molar-refractivity contribution in [2.24, 2.45) is 0 Å². The Labute approximate surface area is 127 Å². The normalized spacial score (nSPS) is 12.3. The number of hydrogen-bond donors (Lipinski definition) is 1. The quantitative estimate of drug-likeness (QED) is 0.820. The first-order chi connectivity index (χ1) is 10.1. The summed E-state index contributed by atoms with van der Waals surface area (Å²) in [5, 5.41) is 10.0. The van der Waals surface area contributed by atoms with E-state index in [9.17, 15) is 18.3 Å². The number of benzene rings is 2. The summed E-state index contributed by atoms with van der Waals surface area (Å²) < 4.78 is 41.6. The number of para-hydroxylation sites is 1. The molecule has 0 aromatic heterocycles. The van der Waals surface area contributed by atoms with Crippen molar-refractivity contribution in [1.29, 1.82) is 0 Å². The van der Waals surface area contributed by atoms with Crippen molar-refractivity contribution in [1.82, 2.24) is 0 Å². The number of aromatic hydroxyl groups is 1. The summed E-state index contributed by atoms with van der Waals surface area (Å²) in [6, 6.07) is 10.7. The minimum atomic E-state index is -4.78. The van der Waals surface area contributed by atoms with Crippen LogP contribution in [0.15, 0.2) is 42.5 Å². The topological polar surface area (TPSA) is 29.5 Å². The van der Waals surface area contributed by atoms with E-state index in [1.54, 1.807) is 18.2 Å². The van der Waals surface area contributed by atoms with Crippen molar-refractivity contribution >= 4 is 0 Å². The summed E-state index contributed by atoms with van der Waals surface area (Å²) in [6.45, 7) is 5.96. The van der Waals surface area contributed by atoms with Crippen LogP contribution in [0.1, 0.15) is 26.3 Å². The second-order valence-corrected chi connectivity index (χ2v) is 6.03. The molecule has 0 fully saturated rings. The molecule has 0 atom stereocenters. The van der Waals surface area contributed by atoms with E-state index in [1.807, 2.05) is 20.8 Å². The Balaban J connectivity index is 2.57. The van der Waals surface area contributed by atoms with E-state index in [0.29, 0.717) is 5.56 Å². The van der Waals surface area contributed by atoms with Gasteiger partial charge in [0.1, 0.15) is 11.5 Å². The van der Waals surface area contributed by atoms with Gasteiger partial charge in [0.15, 0.2) is 0 Å². The van der Waals surface area contributed by atoms with Gasteiger partial charge in [-0.1, -0.05) is 45.0 Å². The van der Waals surface area contributed by atoms with Crippen molar-refractivity contribution < 1.29 is 23.0 Å². The van der Waals surface area contributed by atoms with Gasteiger partial charge in [-0.2, -0.15) is 0 Å². The van der Waals surface area contributed by atoms with E-state index >= 15 is 0 Å². The molecule has 2 rings (SSSR count). The minimum Gasteiger partial charge on any atom is -0.507 e. The predicted octanol–water partition coefficient (Wildman–Crippen LogP) is 5.26. The molecular formula is C17H17F3O2. The predicted molar refractivity (Wildman–Crippen MR) is 78.9 cm³/mol. The number of rotatable bonds is 2. The summed E-state index contributed by atoms with van der Waals surface area (Å²) in [7, 11) is 0. The molecule has 22 heavy (non-hydrogen) atoms. The molecule has 0 radical (unpaired) electrons. The van der Waals surface area contributed by atoms with E-state index < -0.39 is 6.36 Å². The average molecular weight is 310 g/mol. The second-order valence-electron chi connectivity index (χ2n) is 6.03. The van der Waals surface area contributed by atoms with Crippen LogP contribution in [0.3, 0.4) is 0 Å². The average Bonchev–Trinajstić information content (AvgIpc) is 2.37. The number of halogens is 3. The molecule has 0 saturated heterocycles. The highest BCUT2D eigenvalue weighted by molar-refractivity contribution is 5.76. The number of phenolic OH excluding ortho intramolecular Hbond substituents is 1. The SMILES string of the molecule is CC(C)(C)c1ccc(O)c(-c2ccccc2OC(F)(F)F)c1.